The highest BCUT2D eigenvalue weighted by Gasteiger charge is 2.25. The third-order valence-corrected chi connectivity index (χ3v) is 3.41. The molecule has 0 amide bonds. The summed E-state index contributed by atoms with van der Waals surface area (Å²) in [6, 6.07) is 14.7. The lowest BCUT2D eigenvalue weighted by Crippen LogP contribution is -2.11. The molecule has 0 spiro atoms. The van der Waals surface area contributed by atoms with Crippen LogP contribution in [0.25, 0.3) is 11.5 Å². The third kappa shape index (κ3) is 3.52. The highest BCUT2D eigenvalue weighted by Crippen LogP contribution is 2.25. The molecule has 2 aromatic carbocycles. The van der Waals surface area contributed by atoms with Crippen molar-refractivity contribution in [2.75, 3.05) is 0 Å². The third-order valence-electron chi connectivity index (χ3n) is 3.41. The first-order valence-corrected chi connectivity index (χ1v) is 7.39. The van der Waals surface area contributed by atoms with Gasteiger partial charge in [-0.3, -0.25) is 10.1 Å². The molecule has 0 saturated heterocycles. The molecule has 0 N–H and O–H groups in total. The maximum Gasteiger partial charge on any atom is 0.345 e. The highest BCUT2D eigenvalue weighted by molar-refractivity contribution is 5.93. The lowest BCUT2D eigenvalue weighted by Gasteiger charge is -2.09. The molecule has 0 saturated carbocycles. The topological polar surface area (TPSA) is 108 Å². The van der Waals surface area contributed by atoms with Crippen LogP contribution in [0, 0.1) is 10.1 Å². The number of ether oxygens (including phenoxy) is 1. The Hall–Kier alpha value is -3.55. The molecule has 126 valence electrons. The van der Waals surface area contributed by atoms with E-state index in [4.69, 9.17) is 9.15 Å². The van der Waals surface area contributed by atoms with Crippen molar-refractivity contribution in [2.24, 2.45) is 0 Å². The largest absolute Gasteiger partial charge is 0.449 e. The van der Waals surface area contributed by atoms with Crippen molar-refractivity contribution >= 4 is 11.7 Å². The molecule has 8 heteroatoms. The Labute approximate surface area is 142 Å². The number of nitrogens with zero attached hydrogens (tertiary/aromatic N) is 3. The SMILES string of the molecule is CC(OC(=O)c1ccccc1[N+](=O)[O-])c1nnc(-c2ccccc2)o1. The summed E-state index contributed by atoms with van der Waals surface area (Å²) in [5, 5.41) is 18.8. The van der Waals surface area contributed by atoms with Crippen LogP contribution >= 0.6 is 0 Å². The number of carbonyl (C=O) groups is 1. The number of hydrogen-bond acceptors (Lipinski definition) is 7. The quantitative estimate of drug-likeness (QED) is 0.397. The molecule has 8 nitrogen and oxygen atoms in total. The number of rotatable bonds is 5. The van der Waals surface area contributed by atoms with Crippen LogP contribution in [0.4, 0.5) is 5.69 Å². The average Bonchev–Trinajstić information content (AvgIpc) is 3.12. The smallest absolute Gasteiger partial charge is 0.345 e. The molecule has 1 aromatic heterocycles. The van der Waals surface area contributed by atoms with Gasteiger partial charge in [0.15, 0.2) is 6.10 Å². The fourth-order valence-corrected chi connectivity index (χ4v) is 2.18. The number of nitro benzene ring substituents is 1. The second-order valence-corrected chi connectivity index (χ2v) is 5.13. The number of nitro groups is 1. The molecule has 1 unspecified atom stereocenters. The molecular formula is C17H13N3O5. The first kappa shape index (κ1) is 16.3. The van der Waals surface area contributed by atoms with E-state index in [1.807, 2.05) is 18.2 Å². The Morgan fingerprint density at radius 2 is 1.80 bits per heavy atom. The summed E-state index contributed by atoms with van der Waals surface area (Å²) in [6.45, 7) is 1.55. The van der Waals surface area contributed by atoms with Crippen LogP contribution in [0.2, 0.25) is 0 Å². The minimum Gasteiger partial charge on any atom is -0.449 e. The fraction of sp³-hybridized carbons (Fsp3) is 0.118. The van der Waals surface area contributed by atoms with Crippen LogP contribution in [0.1, 0.15) is 29.3 Å². The van der Waals surface area contributed by atoms with E-state index in [-0.39, 0.29) is 17.1 Å². The summed E-state index contributed by atoms with van der Waals surface area (Å²) in [5.41, 5.74) is 0.274. The zero-order valence-electron chi connectivity index (χ0n) is 13.2. The van der Waals surface area contributed by atoms with Crippen molar-refractivity contribution in [1.29, 1.82) is 0 Å². The number of para-hydroxylation sites is 1. The van der Waals surface area contributed by atoms with Crippen LogP contribution in [-0.2, 0) is 4.74 Å². The van der Waals surface area contributed by atoms with Crippen molar-refractivity contribution in [3.63, 3.8) is 0 Å². The van der Waals surface area contributed by atoms with Gasteiger partial charge in [0.2, 0.25) is 5.89 Å². The van der Waals surface area contributed by atoms with Crippen molar-refractivity contribution in [1.82, 2.24) is 10.2 Å². The molecular weight excluding hydrogens is 326 g/mol. The van der Waals surface area contributed by atoms with Crippen LogP contribution < -0.4 is 0 Å². The number of aromatic nitrogens is 2. The molecule has 25 heavy (non-hydrogen) atoms. The molecule has 0 aliphatic rings. The Balaban J connectivity index is 1.77. The van der Waals surface area contributed by atoms with Gasteiger partial charge in [-0.1, -0.05) is 30.3 Å². The zero-order chi connectivity index (χ0) is 17.8. The molecule has 1 heterocycles. The van der Waals surface area contributed by atoms with Gasteiger partial charge in [-0.25, -0.2) is 4.79 Å². The normalized spacial score (nSPS) is 11.7. The number of hydrogen-bond donors (Lipinski definition) is 0. The van der Waals surface area contributed by atoms with E-state index in [9.17, 15) is 14.9 Å². The van der Waals surface area contributed by atoms with E-state index in [1.165, 1.54) is 24.3 Å². The van der Waals surface area contributed by atoms with Gasteiger partial charge in [0, 0.05) is 11.6 Å². The first-order chi connectivity index (χ1) is 12.1. The van der Waals surface area contributed by atoms with Crippen LogP contribution in [0.3, 0.4) is 0 Å². The van der Waals surface area contributed by atoms with E-state index in [0.29, 0.717) is 5.89 Å². The Bertz CT molecular complexity index is 907. The van der Waals surface area contributed by atoms with Crippen molar-refractivity contribution < 1.29 is 18.9 Å². The van der Waals surface area contributed by atoms with Gasteiger partial charge in [-0.15, -0.1) is 10.2 Å². The molecule has 1 atom stereocenters. The summed E-state index contributed by atoms with van der Waals surface area (Å²) in [6.07, 6.45) is -0.850. The van der Waals surface area contributed by atoms with Gasteiger partial charge in [0.05, 0.1) is 4.92 Å². The lowest BCUT2D eigenvalue weighted by atomic mass is 10.2. The van der Waals surface area contributed by atoms with Gasteiger partial charge in [0.1, 0.15) is 5.56 Å². The molecule has 0 radical (unpaired) electrons. The van der Waals surface area contributed by atoms with Crippen LogP contribution in [-0.4, -0.2) is 21.1 Å². The minimum atomic E-state index is -0.850. The van der Waals surface area contributed by atoms with Gasteiger partial charge in [-0.05, 0) is 25.1 Å². The van der Waals surface area contributed by atoms with Crippen LogP contribution in [0.5, 0.6) is 0 Å². The average molecular weight is 339 g/mol. The van der Waals surface area contributed by atoms with E-state index < -0.39 is 17.0 Å². The maximum atomic E-state index is 12.2. The van der Waals surface area contributed by atoms with E-state index in [2.05, 4.69) is 10.2 Å². The summed E-state index contributed by atoms with van der Waals surface area (Å²) in [4.78, 5) is 22.6. The predicted octanol–water partition coefficient (Wildman–Crippen LogP) is 3.56. The van der Waals surface area contributed by atoms with Crippen LogP contribution in [0.15, 0.2) is 59.0 Å². The van der Waals surface area contributed by atoms with E-state index >= 15 is 0 Å². The van der Waals surface area contributed by atoms with E-state index in [1.54, 1.807) is 19.1 Å². The lowest BCUT2D eigenvalue weighted by molar-refractivity contribution is -0.385. The second kappa shape index (κ2) is 6.91. The molecule has 3 rings (SSSR count). The standard InChI is InChI=1S/C17H13N3O5/c1-11(15-18-19-16(25-15)12-7-3-2-4-8-12)24-17(21)13-9-5-6-10-14(13)20(22)23/h2-11H,1H3. The molecule has 0 aliphatic carbocycles. The zero-order valence-corrected chi connectivity index (χ0v) is 13.2. The number of esters is 1. The Morgan fingerprint density at radius 3 is 2.52 bits per heavy atom. The predicted molar refractivity (Wildman–Crippen MR) is 86.7 cm³/mol. The summed E-state index contributed by atoms with van der Waals surface area (Å²) < 4.78 is 10.7. The number of benzene rings is 2. The highest BCUT2D eigenvalue weighted by atomic mass is 16.6. The van der Waals surface area contributed by atoms with Crippen molar-refractivity contribution in [2.45, 2.75) is 13.0 Å². The minimum absolute atomic E-state index is 0.103. The number of carbonyl (C=O) groups excluding carboxylic acids is 1. The Morgan fingerprint density at radius 1 is 1.12 bits per heavy atom. The monoisotopic (exact) mass is 339 g/mol. The maximum absolute atomic E-state index is 12.2. The van der Waals surface area contributed by atoms with Crippen molar-refractivity contribution in [3.8, 4) is 11.5 Å². The summed E-state index contributed by atoms with van der Waals surface area (Å²) in [5.74, 6) is -0.436. The summed E-state index contributed by atoms with van der Waals surface area (Å²) >= 11 is 0. The molecule has 0 bridgehead atoms. The van der Waals surface area contributed by atoms with Gasteiger partial charge in [0.25, 0.3) is 11.6 Å². The molecule has 0 fully saturated rings. The van der Waals surface area contributed by atoms with E-state index in [0.717, 1.165) is 5.56 Å². The van der Waals surface area contributed by atoms with Crippen molar-refractivity contribution in [3.05, 3.63) is 76.2 Å². The van der Waals surface area contributed by atoms with Gasteiger partial charge >= 0.3 is 5.97 Å². The van der Waals surface area contributed by atoms with Gasteiger partial charge < -0.3 is 9.15 Å². The first-order valence-electron chi connectivity index (χ1n) is 7.39. The Kier molecular flexibility index (Phi) is 4.51. The molecule has 0 aliphatic heterocycles. The fourth-order valence-electron chi connectivity index (χ4n) is 2.18. The second-order valence-electron chi connectivity index (χ2n) is 5.13. The molecule has 3 aromatic rings. The van der Waals surface area contributed by atoms with Gasteiger partial charge in [-0.2, -0.15) is 0 Å². The summed E-state index contributed by atoms with van der Waals surface area (Å²) in [7, 11) is 0.